The van der Waals surface area contributed by atoms with Crippen LogP contribution in [0, 0.1) is 0 Å². The van der Waals surface area contributed by atoms with Crippen LogP contribution in [0.25, 0.3) is 0 Å². The van der Waals surface area contributed by atoms with Crippen molar-refractivity contribution in [3.8, 4) is 0 Å². The van der Waals surface area contributed by atoms with Crippen molar-refractivity contribution in [2.24, 2.45) is 0 Å². The second-order valence-electron chi connectivity index (χ2n) is 5.20. The predicted octanol–water partition coefficient (Wildman–Crippen LogP) is 3.71. The zero-order valence-electron chi connectivity index (χ0n) is 11.9. The highest BCUT2D eigenvalue weighted by molar-refractivity contribution is 5.26. The Kier molecular flexibility index (Phi) is 4.69. The Labute approximate surface area is 115 Å². The third-order valence-electron chi connectivity index (χ3n) is 3.48. The van der Waals surface area contributed by atoms with Crippen molar-refractivity contribution in [2.45, 2.75) is 32.2 Å². The minimum atomic E-state index is 0.270. The van der Waals surface area contributed by atoms with Crippen LogP contribution in [0.2, 0.25) is 0 Å². The summed E-state index contributed by atoms with van der Waals surface area (Å²) < 4.78 is 0. The van der Waals surface area contributed by atoms with E-state index in [0.29, 0.717) is 5.92 Å². The van der Waals surface area contributed by atoms with Crippen LogP contribution in [-0.4, -0.2) is 12.0 Å². The fourth-order valence-corrected chi connectivity index (χ4v) is 2.21. The summed E-state index contributed by atoms with van der Waals surface area (Å²) in [6.45, 7) is 4.44. The van der Waals surface area contributed by atoms with Gasteiger partial charge in [0.2, 0.25) is 0 Å². The zero-order chi connectivity index (χ0) is 13.7. The second kappa shape index (κ2) is 6.48. The molecule has 0 saturated heterocycles. The van der Waals surface area contributed by atoms with Crippen molar-refractivity contribution in [1.29, 1.82) is 0 Å². The third-order valence-corrected chi connectivity index (χ3v) is 3.48. The number of likely N-dealkylation sites (N-methyl/N-ethyl adjacent to an activating group) is 1. The molecule has 1 heterocycles. The first kappa shape index (κ1) is 13.8. The van der Waals surface area contributed by atoms with Gasteiger partial charge in [0, 0.05) is 6.20 Å². The van der Waals surface area contributed by atoms with Crippen LogP contribution in [-0.2, 0) is 6.42 Å². The maximum atomic E-state index is 4.43. The molecule has 1 atom stereocenters. The van der Waals surface area contributed by atoms with E-state index < -0.39 is 0 Å². The summed E-state index contributed by atoms with van der Waals surface area (Å²) in [5, 5.41) is 3.34. The molecule has 2 aromatic rings. The molecule has 2 heteroatoms. The molecule has 1 unspecified atom stereocenters. The van der Waals surface area contributed by atoms with Crippen molar-refractivity contribution in [2.75, 3.05) is 7.05 Å². The van der Waals surface area contributed by atoms with E-state index in [2.05, 4.69) is 54.5 Å². The number of nitrogens with zero attached hydrogens (tertiary/aromatic N) is 1. The summed E-state index contributed by atoms with van der Waals surface area (Å²) in [5.74, 6) is 0.588. The van der Waals surface area contributed by atoms with Crippen molar-refractivity contribution in [1.82, 2.24) is 10.3 Å². The van der Waals surface area contributed by atoms with E-state index in [1.807, 2.05) is 25.4 Å². The normalized spacial score (nSPS) is 12.6. The minimum Gasteiger partial charge on any atom is -0.311 e. The highest BCUT2D eigenvalue weighted by atomic mass is 14.9. The quantitative estimate of drug-likeness (QED) is 0.880. The molecule has 0 fully saturated rings. The van der Waals surface area contributed by atoms with Gasteiger partial charge in [0.1, 0.15) is 0 Å². The molecule has 1 N–H and O–H groups in total. The maximum absolute atomic E-state index is 4.43. The van der Waals surface area contributed by atoms with Crippen LogP contribution >= 0.6 is 0 Å². The fourth-order valence-electron chi connectivity index (χ4n) is 2.21. The highest BCUT2D eigenvalue weighted by Crippen LogP contribution is 2.19. The molecule has 0 spiro atoms. The molecule has 0 bridgehead atoms. The Morgan fingerprint density at radius 2 is 1.79 bits per heavy atom. The molecule has 1 aromatic heterocycles. The fraction of sp³-hybridized carbons (Fsp3) is 0.353. The number of rotatable bonds is 5. The molecule has 100 valence electrons. The van der Waals surface area contributed by atoms with Crippen LogP contribution in [0.3, 0.4) is 0 Å². The van der Waals surface area contributed by atoms with Gasteiger partial charge in [-0.2, -0.15) is 0 Å². The molecule has 0 saturated carbocycles. The average Bonchev–Trinajstić information content (AvgIpc) is 2.46. The largest absolute Gasteiger partial charge is 0.311 e. The van der Waals surface area contributed by atoms with Gasteiger partial charge in [-0.1, -0.05) is 44.2 Å². The van der Waals surface area contributed by atoms with Crippen molar-refractivity contribution < 1.29 is 0 Å². The first-order valence-corrected chi connectivity index (χ1v) is 6.87. The number of pyridine rings is 1. The van der Waals surface area contributed by atoms with Gasteiger partial charge in [0.25, 0.3) is 0 Å². The molecule has 2 nitrogen and oxygen atoms in total. The van der Waals surface area contributed by atoms with Gasteiger partial charge in [-0.05, 0) is 42.6 Å². The van der Waals surface area contributed by atoms with Gasteiger partial charge in [-0.15, -0.1) is 0 Å². The van der Waals surface area contributed by atoms with Gasteiger partial charge in [0.15, 0.2) is 0 Å². The van der Waals surface area contributed by atoms with E-state index in [-0.39, 0.29) is 6.04 Å². The van der Waals surface area contributed by atoms with Crippen LogP contribution in [0.15, 0.2) is 48.7 Å². The monoisotopic (exact) mass is 254 g/mol. The first-order chi connectivity index (χ1) is 9.20. The van der Waals surface area contributed by atoms with E-state index in [1.54, 1.807) is 0 Å². The molecule has 1 aromatic carbocycles. The average molecular weight is 254 g/mol. The van der Waals surface area contributed by atoms with E-state index in [0.717, 1.165) is 12.1 Å². The molecule has 0 amide bonds. The van der Waals surface area contributed by atoms with Gasteiger partial charge in [-0.25, -0.2) is 0 Å². The molecular weight excluding hydrogens is 232 g/mol. The van der Waals surface area contributed by atoms with Crippen LogP contribution in [0.4, 0.5) is 0 Å². The lowest BCUT2D eigenvalue weighted by Gasteiger charge is -2.16. The lowest BCUT2D eigenvalue weighted by molar-refractivity contribution is 0.576. The molecule has 2 rings (SSSR count). The summed E-state index contributed by atoms with van der Waals surface area (Å²) in [6, 6.07) is 15.2. The van der Waals surface area contributed by atoms with Gasteiger partial charge in [0.05, 0.1) is 11.7 Å². The topological polar surface area (TPSA) is 24.9 Å². The van der Waals surface area contributed by atoms with E-state index in [1.165, 1.54) is 11.1 Å². The second-order valence-corrected chi connectivity index (χ2v) is 5.20. The predicted molar refractivity (Wildman–Crippen MR) is 80.3 cm³/mol. The van der Waals surface area contributed by atoms with Crippen molar-refractivity contribution in [3.05, 3.63) is 65.5 Å². The number of hydrogen-bond acceptors (Lipinski definition) is 2. The smallest absolute Gasteiger partial charge is 0.0576 e. The maximum Gasteiger partial charge on any atom is 0.0576 e. The SMILES string of the molecule is CNC(Cc1ccc(C(C)C)cc1)c1ccccn1. The Morgan fingerprint density at radius 3 is 2.32 bits per heavy atom. The van der Waals surface area contributed by atoms with Gasteiger partial charge >= 0.3 is 0 Å². The molecule has 0 aliphatic heterocycles. The Bertz CT molecular complexity index is 488. The van der Waals surface area contributed by atoms with Gasteiger partial charge in [-0.3, -0.25) is 4.98 Å². The third kappa shape index (κ3) is 3.65. The Balaban J connectivity index is 2.10. The minimum absolute atomic E-state index is 0.270. The number of aromatic nitrogens is 1. The summed E-state index contributed by atoms with van der Waals surface area (Å²) >= 11 is 0. The Morgan fingerprint density at radius 1 is 1.05 bits per heavy atom. The number of benzene rings is 1. The molecule has 0 radical (unpaired) electrons. The molecule has 0 aliphatic rings. The summed E-state index contributed by atoms with van der Waals surface area (Å²) in [4.78, 5) is 4.43. The number of nitrogens with one attached hydrogen (secondary N) is 1. The van der Waals surface area contributed by atoms with Crippen molar-refractivity contribution in [3.63, 3.8) is 0 Å². The lowest BCUT2D eigenvalue weighted by atomic mass is 9.98. The Hall–Kier alpha value is -1.67. The zero-order valence-corrected chi connectivity index (χ0v) is 11.9. The number of hydrogen-bond donors (Lipinski definition) is 1. The first-order valence-electron chi connectivity index (χ1n) is 6.87. The summed E-state index contributed by atoms with van der Waals surface area (Å²) in [5.41, 5.74) is 3.83. The van der Waals surface area contributed by atoms with E-state index >= 15 is 0 Å². The standard InChI is InChI=1S/C17H22N2/c1-13(2)15-9-7-14(8-10-15)12-17(18-3)16-6-4-5-11-19-16/h4-11,13,17-18H,12H2,1-3H3. The van der Waals surface area contributed by atoms with Gasteiger partial charge < -0.3 is 5.32 Å². The highest BCUT2D eigenvalue weighted by Gasteiger charge is 2.11. The lowest BCUT2D eigenvalue weighted by Crippen LogP contribution is -2.19. The van der Waals surface area contributed by atoms with E-state index in [4.69, 9.17) is 0 Å². The van der Waals surface area contributed by atoms with E-state index in [9.17, 15) is 0 Å². The summed E-state index contributed by atoms with van der Waals surface area (Å²) in [6.07, 6.45) is 2.81. The molecule has 0 aliphatic carbocycles. The molecule has 19 heavy (non-hydrogen) atoms. The van der Waals surface area contributed by atoms with Crippen LogP contribution < -0.4 is 5.32 Å². The summed E-state index contributed by atoms with van der Waals surface area (Å²) in [7, 11) is 1.99. The molecular formula is C17H22N2. The van der Waals surface area contributed by atoms with Crippen LogP contribution in [0.5, 0.6) is 0 Å². The van der Waals surface area contributed by atoms with Crippen LogP contribution in [0.1, 0.15) is 42.6 Å². The van der Waals surface area contributed by atoms with Crippen molar-refractivity contribution >= 4 is 0 Å².